The Hall–Kier alpha value is -2.57. The molecule has 1 amide bonds. The fourth-order valence-corrected chi connectivity index (χ4v) is 2.67. The Morgan fingerprint density at radius 3 is 2.50 bits per heavy atom. The number of nitrogens with one attached hydrogen (secondary N) is 1. The first-order chi connectivity index (χ1) is 12.5. The third-order valence-corrected chi connectivity index (χ3v) is 4.21. The Balaban J connectivity index is 2.05. The first kappa shape index (κ1) is 18.2. The Kier molecular flexibility index (Phi) is 5.44. The van der Waals surface area contributed by atoms with Crippen molar-refractivity contribution in [3.05, 3.63) is 52.5 Å². The molecular formula is C18H16Cl2N4O2. The number of benzene rings is 2. The molecule has 6 nitrogen and oxygen atoms in total. The minimum Gasteiger partial charge on any atom is -0.463 e. The molecule has 8 heteroatoms. The number of nitrogens with zero attached hydrogens (tertiary/aromatic N) is 3. The molecule has 1 aromatic heterocycles. The first-order valence-corrected chi connectivity index (χ1v) is 8.67. The number of hydrogen-bond acceptors (Lipinski definition) is 4. The maximum Gasteiger partial charge on any atom is 0.336 e. The van der Waals surface area contributed by atoms with Crippen molar-refractivity contribution in [2.24, 2.45) is 0 Å². The SMILES string of the molecule is CCOc1nc(-c2ccc(Cl)c(Cl)c2)n(-c2ccc(NC(C)=O)cc2)n1. The van der Waals surface area contributed by atoms with Gasteiger partial charge in [0.2, 0.25) is 5.91 Å². The third-order valence-electron chi connectivity index (χ3n) is 3.47. The molecule has 0 fully saturated rings. The van der Waals surface area contributed by atoms with Gasteiger partial charge < -0.3 is 10.1 Å². The molecule has 0 saturated carbocycles. The fraction of sp³-hybridized carbons (Fsp3) is 0.167. The van der Waals surface area contributed by atoms with Crippen molar-refractivity contribution in [1.82, 2.24) is 14.8 Å². The highest BCUT2D eigenvalue weighted by molar-refractivity contribution is 6.42. The molecule has 3 aromatic rings. The number of rotatable bonds is 5. The summed E-state index contributed by atoms with van der Waals surface area (Å²) in [6.45, 7) is 3.77. The van der Waals surface area contributed by atoms with Crippen molar-refractivity contribution < 1.29 is 9.53 Å². The lowest BCUT2D eigenvalue weighted by molar-refractivity contribution is -0.114. The van der Waals surface area contributed by atoms with Crippen LogP contribution in [0, 0.1) is 0 Å². The van der Waals surface area contributed by atoms with Crippen LogP contribution in [0.2, 0.25) is 10.0 Å². The van der Waals surface area contributed by atoms with Crippen LogP contribution in [0.5, 0.6) is 6.01 Å². The predicted molar refractivity (Wildman–Crippen MR) is 102 cm³/mol. The molecule has 0 aliphatic rings. The Morgan fingerprint density at radius 2 is 1.88 bits per heavy atom. The van der Waals surface area contributed by atoms with E-state index in [4.69, 9.17) is 27.9 Å². The molecule has 26 heavy (non-hydrogen) atoms. The van der Waals surface area contributed by atoms with Gasteiger partial charge in [0.1, 0.15) is 0 Å². The molecule has 1 N–H and O–H groups in total. The summed E-state index contributed by atoms with van der Waals surface area (Å²) in [6, 6.07) is 12.8. The number of carbonyl (C=O) groups excluding carboxylic acids is 1. The Labute approximate surface area is 160 Å². The predicted octanol–water partition coefficient (Wildman–Crippen LogP) is 4.60. The van der Waals surface area contributed by atoms with Gasteiger partial charge in [0.15, 0.2) is 5.82 Å². The lowest BCUT2D eigenvalue weighted by Gasteiger charge is -2.08. The van der Waals surface area contributed by atoms with Crippen LogP contribution in [-0.4, -0.2) is 27.3 Å². The number of hydrogen-bond donors (Lipinski definition) is 1. The van der Waals surface area contributed by atoms with Crippen molar-refractivity contribution in [2.75, 3.05) is 11.9 Å². The summed E-state index contributed by atoms with van der Waals surface area (Å²) in [5.41, 5.74) is 2.21. The Morgan fingerprint density at radius 1 is 1.15 bits per heavy atom. The molecule has 0 saturated heterocycles. The van der Waals surface area contributed by atoms with Gasteiger partial charge in [-0.05, 0) is 49.4 Å². The number of amides is 1. The smallest absolute Gasteiger partial charge is 0.336 e. The topological polar surface area (TPSA) is 69.0 Å². The van der Waals surface area contributed by atoms with Gasteiger partial charge in [-0.25, -0.2) is 4.68 Å². The Bertz CT molecular complexity index is 939. The van der Waals surface area contributed by atoms with Crippen LogP contribution in [0.15, 0.2) is 42.5 Å². The maximum atomic E-state index is 11.2. The normalized spacial score (nSPS) is 10.6. The summed E-state index contributed by atoms with van der Waals surface area (Å²) >= 11 is 12.1. The van der Waals surface area contributed by atoms with E-state index < -0.39 is 0 Å². The molecule has 0 spiro atoms. The molecule has 0 unspecified atom stereocenters. The summed E-state index contributed by atoms with van der Waals surface area (Å²) in [5.74, 6) is 0.438. The summed E-state index contributed by atoms with van der Waals surface area (Å²) in [7, 11) is 0. The molecule has 0 aliphatic heterocycles. The zero-order valence-electron chi connectivity index (χ0n) is 14.2. The van der Waals surface area contributed by atoms with Gasteiger partial charge in [-0.2, -0.15) is 4.98 Å². The number of halogens is 2. The minimum atomic E-state index is -0.131. The molecule has 0 radical (unpaired) electrons. The number of carbonyl (C=O) groups is 1. The molecule has 0 atom stereocenters. The third kappa shape index (κ3) is 3.98. The lowest BCUT2D eigenvalue weighted by Crippen LogP contribution is -2.06. The minimum absolute atomic E-state index is 0.131. The van der Waals surface area contributed by atoms with Gasteiger partial charge >= 0.3 is 6.01 Å². The van der Waals surface area contributed by atoms with Crippen LogP contribution in [0.4, 0.5) is 5.69 Å². The standard InChI is InChI=1S/C18H16Cl2N4O2/c1-3-26-18-22-17(12-4-9-15(19)16(20)10-12)24(23-18)14-7-5-13(6-8-14)21-11(2)25/h4-10H,3H2,1-2H3,(H,21,25). The van der Waals surface area contributed by atoms with Crippen molar-refractivity contribution in [3.63, 3.8) is 0 Å². The first-order valence-electron chi connectivity index (χ1n) is 7.91. The highest BCUT2D eigenvalue weighted by Crippen LogP contribution is 2.30. The van der Waals surface area contributed by atoms with Crippen LogP contribution < -0.4 is 10.1 Å². The summed E-state index contributed by atoms with van der Waals surface area (Å²) in [6.07, 6.45) is 0. The van der Waals surface area contributed by atoms with Crippen molar-refractivity contribution in [1.29, 1.82) is 0 Å². The molecular weight excluding hydrogens is 375 g/mol. The van der Waals surface area contributed by atoms with E-state index in [1.807, 2.05) is 25.1 Å². The molecule has 1 heterocycles. The van der Waals surface area contributed by atoms with E-state index in [9.17, 15) is 4.79 Å². The highest BCUT2D eigenvalue weighted by Gasteiger charge is 2.15. The summed E-state index contributed by atoms with van der Waals surface area (Å²) in [5, 5.41) is 8.03. The molecule has 3 rings (SSSR count). The van der Waals surface area contributed by atoms with Gasteiger partial charge in [0, 0.05) is 18.2 Å². The second-order valence-corrected chi connectivity index (χ2v) is 6.23. The van der Waals surface area contributed by atoms with Crippen LogP contribution >= 0.6 is 23.2 Å². The zero-order valence-corrected chi connectivity index (χ0v) is 15.7. The molecule has 134 valence electrons. The summed E-state index contributed by atoms with van der Waals surface area (Å²) in [4.78, 5) is 15.6. The van der Waals surface area contributed by atoms with E-state index in [0.717, 1.165) is 11.3 Å². The van der Waals surface area contributed by atoms with E-state index >= 15 is 0 Å². The van der Waals surface area contributed by atoms with Crippen molar-refractivity contribution in [3.8, 4) is 23.1 Å². The zero-order chi connectivity index (χ0) is 18.7. The van der Waals surface area contributed by atoms with Gasteiger partial charge in [-0.15, -0.1) is 5.10 Å². The van der Waals surface area contributed by atoms with Gasteiger partial charge in [0.25, 0.3) is 0 Å². The quantitative estimate of drug-likeness (QED) is 0.690. The van der Waals surface area contributed by atoms with Gasteiger partial charge in [-0.1, -0.05) is 23.2 Å². The van der Waals surface area contributed by atoms with Crippen molar-refractivity contribution in [2.45, 2.75) is 13.8 Å². The van der Waals surface area contributed by atoms with E-state index in [1.54, 1.807) is 28.9 Å². The van der Waals surface area contributed by atoms with E-state index in [-0.39, 0.29) is 11.9 Å². The number of ether oxygens (including phenoxy) is 1. The molecule has 2 aromatic carbocycles. The second kappa shape index (κ2) is 7.76. The maximum absolute atomic E-state index is 11.2. The number of aromatic nitrogens is 3. The largest absolute Gasteiger partial charge is 0.463 e. The summed E-state index contributed by atoms with van der Waals surface area (Å²) < 4.78 is 7.10. The van der Waals surface area contributed by atoms with Crippen LogP contribution in [0.3, 0.4) is 0 Å². The van der Waals surface area contributed by atoms with Crippen LogP contribution in [-0.2, 0) is 4.79 Å². The van der Waals surface area contributed by atoms with Crippen molar-refractivity contribution >= 4 is 34.8 Å². The average Bonchev–Trinajstić information content (AvgIpc) is 3.02. The highest BCUT2D eigenvalue weighted by atomic mass is 35.5. The second-order valence-electron chi connectivity index (χ2n) is 5.42. The van der Waals surface area contributed by atoms with Gasteiger partial charge in [-0.3, -0.25) is 4.79 Å². The van der Waals surface area contributed by atoms with Crippen LogP contribution in [0.25, 0.3) is 17.1 Å². The monoisotopic (exact) mass is 390 g/mol. The fourth-order valence-electron chi connectivity index (χ4n) is 2.37. The average molecular weight is 391 g/mol. The van der Waals surface area contributed by atoms with E-state index in [1.165, 1.54) is 6.92 Å². The van der Waals surface area contributed by atoms with Crippen LogP contribution in [0.1, 0.15) is 13.8 Å². The van der Waals surface area contributed by atoms with Gasteiger partial charge in [0.05, 0.1) is 22.3 Å². The van der Waals surface area contributed by atoms with E-state index in [2.05, 4.69) is 15.4 Å². The number of anilines is 1. The molecule has 0 bridgehead atoms. The molecule has 0 aliphatic carbocycles. The van der Waals surface area contributed by atoms with E-state index in [0.29, 0.717) is 28.2 Å². The lowest BCUT2D eigenvalue weighted by atomic mass is 10.2.